The zero-order chi connectivity index (χ0) is 10.8. The van der Waals surface area contributed by atoms with Gasteiger partial charge in [0.25, 0.3) is 5.89 Å². The molecule has 0 radical (unpaired) electrons. The molecule has 0 bridgehead atoms. The quantitative estimate of drug-likeness (QED) is 0.706. The fraction of sp³-hybridized carbons (Fsp3) is 0.100. The highest BCUT2D eigenvalue weighted by Crippen LogP contribution is 2.20. The van der Waals surface area contributed by atoms with E-state index in [-0.39, 0.29) is 23.1 Å². The molecule has 0 saturated carbocycles. The average molecular weight is 206 g/mol. The van der Waals surface area contributed by atoms with Crippen molar-refractivity contribution < 1.29 is 13.7 Å². The summed E-state index contributed by atoms with van der Waals surface area (Å²) in [6.45, 7) is 1.32. The van der Waals surface area contributed by atoms with Crippen LogP contribution in [0.2, 0.25) is 0 Å². The Kier molecular flexibility index (Phi) is 2.29. The summed E-state index contributed by atoms with van der Waals surface area (Å²) in [5.74, 6) is -0.816. The van der Waals surface area contributed by atoms with E-state index < -0.39 is 5.82 Å². The van der Waals surface area contributed by atoms with Crippen molar-refractivity contribution >= 4 is 5.78 Å². The molecule has 76 valence electrons. The molecular formula is C10H7FN2O2. The predicted octanol–water partition coefficient (Wildman–Crippen LogP) is 2.08. The Morgan fingerprint density at radius 3 is 2.73 bits per heavy atom. The number of hydrogen-bond acceptors (Lipinski definition) is 4. The van der Waals surface area contributed by atoms with Crippen molar-refractivity contribution in [2.75, 3.05) is 0 Å². The van der Waals surface area contributed by atoms with Crippen LogP contribution in [0.3, 0.4) is 0 Å². The number of rotatable bonds is 2. The predicted molar refractivity (Wildman–Crippen MR) is 49.7 cm³/mol. The Balaban J connectivity index is 2.46. The Morgan fingerprint density at radius 1 is 1.40 bits per heavy atom. The van der Waals surface area contributed by atoms with Crippen LogP contribution in [-0.4, -0.2) is 15.9 Å². The SMILES string of the molecule is CC(=O)c1noc(-c2ccccc2F)n1. The van der Waals surface area contributed by atoms with Gasteiger partial charge in [-0.2, -0.15) is 4.98 Å². The number of ketones is 1. The van der Waals surface area contributed by atoms with Gasteiger partial charge in [0, 0.05) is 6.92 Å². The van der Waals surface area contributed by atoms with Crippen molar-refractivity contribution in [1.82, 2.24) is 10.1 Å². The number of hydrogen-bond donors (Lipinski definition) is 0. The summed E-state index contributed by atoms with van der Waals surface area (Å²) in [5.41, 5.74) is 0.192. The van der Waals surface area contributed by atoms with Crippen LogP contribution < -0.4 is 0 Å². The third-order valence-electron chi connectivity index (χ3n) is 1.85. The molecule has 1 aromatic carbocycles. The highest BCUT2D eigenvalue weighted by Gasteiger charge is 2.14. The molecule has 2 aromatic rings. The first kappa shape index (κ1) is 9.51. The smallest absolute Gasteiger partial charge is 0.261 e. The second-order valence-electron chi connectivity index (χ2n) is 2.96. The molecule has 15 heavy (non-hydrogen) atoms. The number of Topliss-reactive ketones (excluding diaryl/α,β-unsaturated/α-hetero) is 1. The van der Waals surface area contributed by atoms with Crippen LogP contribution in [0.4, 0.5) is 4.39 Å². The Labute approximate surface area is 84.7 Å². The van der Waals surface area contributed by atoms with Crippen LogP contribution >= 0.6 is 0 Å². The number of carbonyl (C=O) groups is 1. The van der Waals surface area contributed by atoms with Gasteiger partial charge >= 0.3 is 0 Å². The van der Waals surface area contributed by atoms with Crippen LogP contribution in [0.5, 0.6) is 0 Å². The summed E-state index contributed by atoms with van der Waals surface area (Å²) in [6.07, 6.45) is 0. The number of benzene rings is 1. The second kappa shape index (κ2) is 3.61. The summed E-state index contributed by atoms with van der Waals surface area (Å²) in [5, 5.41) is 3.43. The Bertz CT molecular complexity index is 508. The van der Waals surface area contributed by atoms with Gasteiger partial charge in [0.1, 0.15) is 5.82 Å². The summed E-state index contributed by atoms with van der Waals surface area (Å²) < 4.78 is 18.0. The topological polar surface area (TPSA) is 56.0 Å². The van der Waals surface area contributed by atoms with E-state index in [1.54, 1.807) is 12.1 Å². The van der Waals surface area contributed by atoms with Crippen molar-refractivity contribution in [3.8, 4) is 11.5 Å². The zero-order valence-corrected chi connectivity index (χ0v) is 7.90. The third kappa shape index (κ3) is 1.76. The van der Waals surface area contributed by atoms with Gasteiger partial charge in [0.2, 0.25) is 11.6 Å². The molecule has 0 saturated heterocycles. The first-order valence-corrected chi connectivity index (χ1v) is 4.28. The molecule has 0 aliphatic heterocycles. The second-order valence-corrected chi connectivity index (χ2v) is 2.96. The van der Waals surface area contributed by atoms with Crippen molar-refractivity contribution in [3.63, 3.8) is 0 Å². The van der Waals surface area contributed by atoms with Crippen LogP contribution in [0.25, 0.3) is 11.5 Å². The van der Waals surface area contributed by atoms with E-state index in [4.69, 9.17) is 4.52 Å². The number of carbonyl (C=O) groups excluding carboxylic acids is 1. The molecule has 0 spiro atoms. The molecule has 4 nitrogen and oxygen atoms in total. The van der Waals surface area contributed by atoms with Gasteiger partial charge in [-0.25, -0.2) is 4.39 Å². The first-order valence-electron chi connectivity index (χ1n) is 4.28. The summed E-state index contributed by atoms with van der Waals surface area (Å²) >= 11 is 0. The number of nitrogens with zero attached hydrogens (tertiary/aromatic N) is 2. The van der Waals surface area contributed by atoms with Gasteiger partial charge < -0.3 is 4.52 Å². The fourth-order valence-electron chi connectivity index (χ4n) is 1.11. The highest BCUT2D eigenvalue weighted by molar-refractivity contribution is 5.90. The van der Waals surface area contributed by atoms with E-state index in [1.165, 1.54) is 19.1 Å². The van der Waals surface area contributed by atoms with Crippen molar-refractivity contribution in [1.29, 1.82) is 0 Å². The molecule has 0 N–H and O–H groups in total. The molecule has 0 unspecified atom stereocenters. The molecule has 0 aliphatic rings. The van der Waals surface area contributed by atoms with E-state index in [2.05, 4.69) is 10.1 Å². The first-order chi connectivity index (χ1) is 7.18. The van der Waals surface area contributed by atoms with Crippen LogP contribution in [0.1, 0.15) is 17.5 Å². The lowest BCUT2D eigenvalue weighted by Gasteiger charge is -1.94. The third-order valence-corrected chi connectivity index (χ3v) is 1.85. The minimum Gasteiger partial charge on any atom is -0.333 e. The van der Waals surface area contributed by atoms with E-state index in [9.17, 15) is 9.18 Å². The normalized spacial score (nSPS) is 10.3. The molecule has 5 heteroatoms. The van der Waals surface area contributed by atoms with E-state index in [0.29, 0.717) is 0 Å². The minimum absolute atomic E-state index is 0.0123. The monoisotopic (exact) mass is 206 g/mol. The summed E-state index contributed by atoms with van der Waals surface area (Å²) in [6, 6.07) is 6.00. The number of aromatic nitrogens is 2. The molecule has 0 aliphatic carbocycles. The maximum atomic E-state index is 13.3. The molecular weight excluding hydrogens is 199 g/mol. The summed E-state index contributed by atoms with van der Waals surface area (Å²) in [7, 11) is 0. The lowest BCUT2D eigenvalue weighted by atomic mass is 10.2. The lowest BCUT2D eigenvalue weighted by Crippen LogP contribution is -1.94. The number of halogens is 1. The van der Waals surface area contributed by atoms with Gasteiger partial charge in [0.05, 0.1) is 5.56 Å². The summed E-state index contributed by atoms with van der Waals surface area (Å²) in [4.78, 5) is 14.7. The van der Waals surface area contributed by atoms with Gasteiger partial charge in [-0.15, -0.1) is 0 Å². The molecule has 0 amide bonds. The standard InChI is InChI=1S/C10H7FN2O2/c1-6(14)9-12-10(15-13-9)7-4-2-3-5-8(7)11/h2-5H,1H3. The zero-order valence-electron chi connectivity index (χ0n) is 7.90. The van der Waals surface area contributed by atoms with Crippen molar-refractivity contribution in [3.05, 3.63) is 35.9 Å². The Morgan fingerprint density at radius 2 is 2.13 bits per heavy atom. The van der Waals surface area contributed by atoms with E-state index >= 15 is 0 Å². The molecule has 1 aromatic heterocycles. The van der Waals surface area contributed by atoms with Crippen LogP contribution in [-0.2, 0) is 0 Å². The minimum atomic E-state index is -0.462. The average Bonchev–Trinajstić information content (AvgIpc) is 2.67. The highest BCUT2D eigenvalue weighted by atomic mass is 19.1. The van der Waals surface area contributed by atoms with Gasteiger partial charge in [-0.1, -0.05) is 17.3 Å². The van der Waals surface area contributed by atoms with Crippen LogP contribution in [0.15, 0.2) is 28.8 Å². The molecule has 2 rings (SSSR count). The van der Waals surface area contributed by atoms with E-state index in [0.717, 1.165) is 0 Å². The van der Waals surface area contributed by atoms with Crippen molar-refractivity contribution in [2.45, 2.75) is 6.92 Å². The van der Waals surface area contributed by atoms with Crippen molar-refractivity contribution in [2.24, 2.45) is 0 Å². The van der Waals surface area contributed by atoms with Gasteiger partial charge in [-0.3, -0.25) is 4.79 Å². The van der Waals surface area contributed by atoms with Gasteiger partial charge in [-0.05, 0) is 12.1 Å². The van der Waals surface area contributed by atoms with Gasteiger partial charge in [0.15, 0.2) is 0 Å². The maximum absolute atomic E-state index is 13.3. The molecule has 0 fully saturated rings. The largest absolute Gasteiger partial charge is 0.333 e. The lowest BCUT2D eigenvalue weighted by molar-refractivity contribution is 0.100. The Hall–Kier alpha value is -2.04. The maximum Gasteiger partial charge on any atom is 0.261 e. The fourth-order valence-corrected chi connectivity index (χ4v) is 1.11. The van der Waals surface area contributed by atoms with Crippen LogP contribution in [0, 0.1) is 5.82 Å². The molecule has 1 heterocycles. The molecule has 0 atom stereocenters. The van der Waals surface area contributed by atoms with E-state index in [1.807, 2.05) is 0 Å².